The summed E-state index contributed by atoms with van der Waals surface area (Å²) in [7, 11) is 0. The fourth-order valence-corrected chi connectivity index (χ4v) is 3.11. The normalized spacial score (nSPS) is 10.5. The maximum absolute atomic E-state index is 12.1. The molecule has 2 aromatic carbocycles. The van der Waals surface area contributed by atoms with Gasteiger partial charge in [0.25, 0.3) is 0 Å². The molecule has 0 unspecified atom stereocenters. The van der Waals surface area contributed by atoms with E-state index >= 15 is 0 Å². The van der Waals surface area contributed by atoms with Gasteiger partial charge in [-0.05, 0) is 55.8 Å². The van der Waals surface area contributed by atoms with Crippen molar-refractivity contribution in [3.63, 3.8) is 0 Å². The Labute approximate surface area is 178 Å². The standard InChI is InChI=1S/C21H22N4O4S/c1-3-28-20(27)15-7-9-16(10-8-15)22-19(26)13-30-21-23-18(24-25-21)12-29-17-6-4-5-14(2)11-17/h4-11H,3,12-13H2,1-2H3,(H,22,26)(H,23,24,25). The molecular formula is C21H22N4O4S. The van der Waals surface area contributed by atoms with Crippen LogP contribution < -0.4 is 10.1 Å². The number of esters is 1. The van der Waals surface area contributed by atoms with E-state index in [-0.39, 0.29) is 18.3 Å². The summed E-state index contributed by atoms with van der Waals surface area (Å²) in [5, 5.41) is 10.1. The Hall–Kier alpha value is -3.33. The van der Waals surface area contributed by atoms with Crippen molar-refractivity contribution in [2.45, 2.75) is 25.6 Å². The summed E-state index contributed by atoms with van der Waals surface area (Å²) in [6.07, 6.45) is 0. The molecule has 0 saturated heterocycles. The van der Waals surface area contributed by atoms with Crippen LogP contribution in [0.4, 0.5) is 5.69 Å². The minimum absolute atomic E-state index is 0.148. The predicted octanol–water partition coefficient (Wildman–Crippen LogP) is 3.60. The maximum Gasteiger partial charge on any atom is 0.338 e. The predicted molar refractivity (Wildman–Crippen MR) is 114 cm³/mol. The number of hydrogen-bond donors (Lipinski definition) is 2. The molecule has 0 aliphatic rings. The first-order valence-electron chi connectivity index (χ1n) is 9.34. The van der Waals surface area contributed by atoms with Crippen LogP contribution in [0.15, 0.2) is 53.7 Å². The number of aromatic nitrogens is 3. The van der Waals surface area contributed by atoms with Crippen LogP contribution in [-0.4, -0.2) is 39.4 Å². The Morgan fingerprint density at radius 3 is 2.70 bits per heavy atom. The fourth-order valence-electron chi connectivity index (χ4n) is 2.49. The van der Waals surface area contributed by atoms with Gasteiger partial charge in [0.05, 0.1) is 17.9 Å². The average molecular weight is 426 g/mol. The average Bonchev–Trinajstić information content (AvgIpc) is 3.19. The zero-order valence-electron chi connectivity index (χ0n) is 16.7. The number of ether oxygens (including phenoxy) is 2. The lowest BCUT2D eigenvalue weighted by molar-refractivity contribution is -0.113. The van der Waals surface area contributed by atoms with E-state index in [2.05, 4.69) is 20.5 Å². The van der Waals surface area contributed by atoms with Gasteiger partial charge < -0.3 is 14.8 Å². The molecule has 1 aromatic heterocycles. The van der Waals surface area contributed by atoms with E-state index in [1.54, 1.807) is 31.2 Å². The Morgan fingerprint density at radius 2 is 1.97 bits per heavy atom. The van der Waals surface area contributed by atoms with Gasteiger partial charge in [-0.25, -0.2) is 9.78 Å². The second-order valence-electron chi connectivity index (χ2n) is 6.30. The van der Waals surface area contributed by atoms with Crippen molar-refractivity contribution >= 4 is 29.3 Å². The summed E-state index contributed by atoms with van der Waals surface area (Å²) in [4.78, 5) is 28.1. The summed E-state index contributed by atoms with van der Waals surface area (Å²) in [6, 6.07) is 14.3. The molecule has 1 amide bonds. The monoisotopic (exact) mass is 426 g/mol. The minimum atomic E-state index is -0.391. The second kappa shape index (κ2) is 10.4. The second-order valence-corrected chi connectivity index (χ2v) is 7.25. The number of H-pyrrole nitrogens is 1. The Balaban J connectivity index is 1.44. The van der Waals surface area contributed by atoms with Crippen LogP contribution in [0, 0.1) is 6.92 Å². The number of benzene rings is 2. The number of nitrogens with one attached hydrogen (secondary N) is 2. The summed E-state index contributed by atoms with van der Waals surface area (Å²) >= 11 is 1.21. The van der Waals surface area contributed by atoms with Crippen LogP contribution in [0.5, 0.6) is 5.75 Å². The van der Waals surface area contributed by atoms with Gasteiger partial charge in [-0.2, -0.15) is 0 Å². The molecule has 9 heteroatoms. The Bertz CT molecular complexity index is 1000. The molecule has 0 fully saturated rings. The molecule has 0 spiro atoms. The fraction of sp³-hybridized carbons (Fsp3) is 0.238. The SMILES string of the molecule is CCOC(=O)c1ccc(NC(=O)CSc2n[nH]c(COc3cccc(C)c3)n2)cc1. The Morgan fingerprint density at radius 1 is 1.17 bits per heavy atom. The summed E-state index contributed by atoms with van der Waals surface area (Å²) in [5.41, 5.74) is 2.14. The first-order valence-corrected chi connectivity index (χ1v) is 10.3. The van der Waals surface area contributed by atoms with E-state index in [0.717, 1.165) is 11.3 Å². The molecule has 2 N–H and O–H groups in total. The quantitative estimate of drug-likeness (QED) is 0.398. The molecule has 0 saturated carbocycles. The number of aryl methyl sites for hydroxylation is 1. The largest absolute Gasteiger partial charge is 0.486 e. The van der Waals surface area contributed by atoms with E-state index in [1.807, 2.05) is 31.2 Å². The van der Waals surface area contributed by atoms with Gasteiger partial charge in [-0.3, -0.25) is 9.89 Å². The topological polar surface area (TPSA) is 106 Å². The first kappa shape index (κ1) is 21.4. The molecule has 0 aliphatic carbocycles. The number of rotatable bonds is 9. The lowest BCUT2D eigenvalue weighted by Crippen LogP contribution is -2.14. The van der Waals surface area contributed by atoms with E-state index in [1.165, 1.54) is 11.8 Å². The van der Waals surface area contributed by atoms with E-state index < -0.39 is 5.97 Å². The smallest absolute Gasteiger partial charge is 0.338 e. The number of aromatic amines is 1. The van der Waals surface area contributed by atoms with Crippen LogP contribution in [0.1, 0.15) is 28.7 Å². The van der Waals surface area contributed by atoms with Crippen molar-refractivity contribution in [3.8, 4) is 5.75 Å². The highest BCUT2D eigenvalue weighted by atomic mass is 32.2. The van der Waals surface area contributed by atoms with Gasteiger partial charge >= 0.3 is 5.97 Å². The van der Waals surface area contributed by atoms with Gasteiger partial charge in [0, 0.05) is 5.69 Å². The van der Waals surface area contributed by atoms with Gasteiger partial charge in [0.2, 0.25) is 11.1 Å². The van der Waals surface area contributed by atoms with Crippen LogP contribution in [0.25, 0.3) is 0 Å². The summed E-state index contributed by atoms with van der Waals surface area (Å²) in [5.74, 6) is 0.891. The van der Waals surface area contributed by atoms with E-state index in [0.29, 0.717) is 28.8 Å². The molecule has 8 nitrogen and oxygen atoms in total. The van der Waals surface area contributed by atoms with Crippen molar-refractivity contribution in [3.05, 3.63) is 65.5 Å². The summed E-state index contributed by atoms with van der Waals surface area (Å²) in [6.45, 7) is 4.32. The molecule has 0 aliphatic heterocycles. The maximum atomic E-state index is 12.1. The third kappa shape index (κ3) is 6.35. The number of hydrogen-bond acceptors (Lipinski definition) is 7. The highest BCUT2D eigenvalue weighted by molar-refractivity contribution is 7.99. The zero-order valence-corrected chi connectivity index (χ0v) is 17.5. The highest BCUT2D eigenvalue weighted by Crippen LogP contribution is 2.17. The zero-order chi connectivity index (χ0) is 21.3. The number of amides is 1. The van der Waals surface area contributed by atoms with Crippen molar-refractivity contribution in [1.29, 1.82) is 0 Å². The van der Waals surface area contributed by atoms with Gasteiger partial charge in [0.1, 0.15) is 12.4 Å². The lowest BCUT2D eigenvalue weighted by atomic mass is 10.2. The number of carbonyl (C=O) groups excluding carboxylic acids is 2. The minimum Gasteiger partial charge on any atom is -0.486 e. The van der Waals surface area contributed by atoms with Crippen LogP contribution in [0.2, 0.25) is 0 Å². The van der Waals surface area contributed by atoms with Crippen molar-refractivity contribution in [2.24, 2.45) is 0 Å². The van der Waals surface area contributed by atoms with E-state index in [9.17, 15) is 9.59 Å². The molecule has 1 heterocycles. The third-order valence-corrected chi connectivity index (χ3v) is 4.74. The number of nitrogens with zero attached hydrogens (tertiary/aromatic N) is 2. The number of carbonyl (C=O) groups is 2. The van der Waals surface area contributed by atoms with Gasteiger partial charge in [-0.1, -0.05) is 23.9 Å². The van der Waals surface area contributed by atoms with Crippen LogP contribution >= 0.6 is 11.8 Å². The molecule has 0 atom stereocenters. The summed E-state index contributed by atoms with van der Waals surface area (Å²) < 4.78 is 10.6. The molecular weight excluding hydrogens is 404 g/mol. The lowest BCUT2D eigenvalue weighted by Gasteiger charge is -2.06. The number of anilines is 1. The number of thioether (sulfide) groups is 1. The van der Waals surface area contributed by atoms with Gasteiger partial charge in [0.15, 0.2) is 5.82 Å². The third-order valence-electron chi connectivity index (χ3n) is 3.89. The molecule has 156 valence electrons. The molecule has 30 heavy (non-hydrogen) atoms. The van der Waals surface area contributed by atoms with Crippen LogP contribution in [0.3, 0.4) is 0 Å². The van der Waals surface area contributed by atoms with Crippen molar-refractivity contribution in [2.75, 3.05) is 17.7 Å². The van der Waals surface area contributed by atoms with E-state index in [4.69, 9.17) is 9.47 Å². The molecule has 0 radical (unpaired) electrons. The van der Waals surface area contributed by atoms with Gasteiger partial charge in [-0.15, -0.1) is 5.10 Å². The molecule has 0 bridgehead atoms. The van der Waals surface area contributed by atoms with Crippen molar-refractivity contribution < 1.29 is 19.1 Å². The highest BCUT2D eigenvalue weighted by Gasteiger charge is 2.10. The first-order chi connectivity index (χ1) is 14.5. The Kier molecular flexibility index (Phi) is 7.45. The molecule has 3 aromatic rings. The van der Waals surface area contributed by atoms with Crippen LogP contribution in [-0.2, 0) is 16.1 Å². The van der Waals surface area contributed by atoms with Crippen molar-refractivity contribution in [1.82, 2.24) is 15.2 Å². The molecule has 3 rings (SSSR count).